The molecule has 7 nitrogen and oxygen atoms in total. The van der Waals surface area contributed by atoms with Crippen LogP contribution in [0.4, 0.5) is 14.9 Å². The summed E-state index contributed by atoms with van der Waals surface area (Å²) < 4.78 is 20.5. The van der Waals surface area contributed by atoms with E-state index in [1.54, 1.807) is 30.3 Å². The van der Waals surface area contributed by atoms with E-state index in [2.05, 4.69) is 49.9 Å². The van der Waals surface area contributed by atoms with Crippen molar-refractivity contribution in [2.75, 3.05) is 4.90 Å². The van der Waals surface area contributed by atoms with Crippen LogP contribution < -0.4 is 15.0 Å². The third-order valence-electron chi connectivity index (χ3n) is 5.03. The number of barbiturate groups is 1. The van der Waals surface area contributed by atoms with E-state index in [4.69, 9.17) is 4.74 Å². The van der Waals surface area contributed by atoms with Crippen LogP contribution in [0, 0.1) is 20.7 Å². The van der Waals surface area contributed by atoms with Crippen LogP contribution in [0.5, 0.6) is 5.75 Å². The summed E-state index contributed by atoms with van der Waals surface area (Å²) in [6, 6.07) is 16.5. The van der Waals surface area contributed by atoms with Gasteiger partial charge in [-0.3, -0.25) is 14.9 Å². The van der Waals surface area contributed by atoms with Gasteiger partial charge in [-0.1, -0.05) is 18.2 Å². The molecule has 0 atom stereocenters. The van der Waals surface area contributed by atoms with E-state index in [-0.39, 0.29) is 17.9 Å². The molecule has 0 bridgehead atoms. The SMILES string of the molecule is N#Cc1ccccc1COc1c(Br)cc(/C=C2\C(=O)NC(=O)N(c3ccc(F)cc3)C2=O)cc1I. The molecule has 10 heteroatoms. The number of rotatable bonds is 5. The van der Waals surface area contributed by atoms with Crippen molar-refractivity contribution in [2.24, 2.45) is 0 Å². The van der Waals surface area contributed by atoms with Gasteiger partial charge in [-0.15, -0.1) is 0 Å². The lowest BCUT2D eigenvalue weighted by Crippen LogP contribution is -2.54. The number of nitrogens with one attached hydrogen (secondary N) is 1. The van der Waals surface area contributed by atoms with E-state index < -0.39 is 23.7 Å². The summed E-state index contributed by atoms with van der Waals surface area (Å²) in [7, 11) is 0. The number of benzene rings is 3. The second-order valence-corrected chi connectivity index (χ2v) is 9.32. The van der Waals surface area contributed by atoms with Crippen molar-refractivity contribution < 1.29 is 23.5 Å². The van der Waals surface area contributed by atoms with Gasteiger partial charge >= 0.3 is 6.03 Å². The number of urea groups is 1. The van der Waals surface area contributed by atoms with Gasteiger partial charge in [0.2, 0.25) is 0 Å². The van der Waals surface area contributed by atoms with Gasteiger partial charge < -0.3 is 4.74 Å². The van der Waals surface area contributed by atoms with E-state index in [1.165, 1.54) is 18.2 Å². The fraction of sp³-hybridized carbons (Fsp3) is 0.0400. The molecular weight excluding hydrogens is 632 g/mol. The van der Waals surface area contributed by atoms with Crippen LogP contribution in [-0.2, 0) is 16.2 Å². The maximum atomic E-state index is 13.3. The molecule has 1 saturated heterocycles. The summed E-state index contributed by atoms with van der Waals surface area (Å²) >= 11 is 5.52. The number of imide groups is 2. The van der Waals surface area contributed by atoms with Crippen molar-refractivity contribution in [2.45, 2.75) is 6.61 Å². The van der Waals surface area contributed by atoms with Gasteiger partial charge in [0.1, 0.15) is 23.7 Å². The molecule has 0 aliphatic carbocycles. The Bertz CT molecular complexity index is 1410. The fourth-order valence-electron chi connectivity index (χ4n) is 3.35. The second kappa shape index (κ2) is 10.4. The quantitative estimate of drug-likeness (QED) is 0.230. The highest BCUT2D eigenvalue weighted by molar-refractivity contribution is 14.1. The molecule has 0 unspecified atom stereocenters. The highest BCUT2D eigenvalue weighted by atomic mass is 127. The Morgan fingerprint density at radius 2 is 1.83 bits per heavy atom. The number of halogens is 3. The van der Waals surface area contributed by atoms with Crippen LogP contribution in [0.15, 0.2) is 70.7 Å². The third kappa shape index (κ3) is 5.26. The van der Waals surface area contributed by atoms with E-state index in [1.807, 2.05) is 6.07 Å². The van der Waals surface area contributed by atoms with Crippen LogP contribution in [0.25, 0.3) is 6.08 Å². The van der Waals surface area contributed by atoms with Crippen molar-refractivity contribution >= 4 is 68.1 Å². The van der Waals surface area contributed by atoms with Gasteiger partial charge in [-0.05, 0) is 92.6 Å². The zero-order chi connectivity index (χ0) is 25.1. The van der Waals surface area contributed by atoms with Gasteiger partial charge in [0.25, 0.3) is 11.8 Å². The number of anilines is 1. The summed E-state index contributed by atoms with van der Waals surface area (Å²) in [6.45, 7) is 0.175. The molecule has 174 valence electrons. The minimum Gasteiger partial charge on any atom is -0.487 e. The molecule has 4 amide bonds. The number of amides is 4. The van der Waals surface area contributed by atoms with Crippen molar-refractivity contribution in [3.05, 3.63) is 96.8 Å². The predicted molar refractivity (Wildman–Crippen MR) is 138 cm³/mol. The number of hydrogen-bond acceptors (Lipinski definition) is 5. The van der Waals surface area contributed by atoms with Crippen LogP contribution in [0.3, 0.4) is 0 Å². The molecule has 1 aliphatic heterocycles. The predicted octanol–water partition coefficient (Wildman–Crippen LogP) is 5.31. The largest absolute Gasteiger partial charge is 0.487 e. The number of nitrogens with zero attached hydrogens (tertiary/aromatic N) is 2. The van der Waals surface area contributed by atoms with E-state index in [0.717, 1.165) is 22.6 Å². The monoisotopic (exact) mass is 645 g/mol. The average Bonchev–Trinajstić information content (AvgIpc) is 2.82. The molecule has 35 heavy (non-hydrogen) atoms. The Morgan fingerprint density at radius 1 is 1.11 bits per heavy atom. The van der Waals surface area contributed by atoms with Crippen LogP contribution >= 0.6 is 38.5 Å². The van der Waals surface area contributed by atoms with Gasteiger partial charge in [-0.25, -0.2) is 14.1 Å². The maximum Gasteiger partial charge on any atom is 0.335 e. The second-order valence-electron chi connectivity index (χ2n) is 7.31. The van der Waals surface area contributed by atoms with E-state index in [0.29, 0.717) is 24.9 Å². The minimum atomic E-state index is -0.916. The Balaban J connectivity index is 1.61. The van der Waals surface area contributed by atoms with Crippen LogP contribution in [0.1, 0.15) is 16.7 Å². The first-order valence-electron chi connectivity index (χ1n) is 10.1. The topological polar surface area (TPSA) is 99.5 Å². The Labute approximate surface area is 221 Å². The smallest absolute Gasteiger partial charge is 0.335 e. The third-order valence-corrected chi connectivity index (χ3v) is 6.42. The van der Waals surface area contributed by atoms with E-state index >= 15 is 0 Å². The zero-order valence-corrected chi connectivity index (χ0v) is 21.5. The molecule has 0 saturated carbocycles. The summed E-state index contributed by atoms with van der Waals surface area (Å²) in [5, 5.41) is 11.4. The highest BCUT2D eigenvalue weighted by Gasteiger charge is 2.36. The summed E-state index contributed by atoms with van der Waals surface area (Å²) in [4.78, 5) is 38.5. The minimum absolute atomic E-state index is 0.129. The summed E-state index contributed by atoms with van der Waals surface area (Å²) in [6.07, 6.45) is 1.36. The normalized spacial score (nSPS) is 14.6. The average molecular weight is 646 g/mol. The lowest BCUT2D eigenvalue weighted by atomic mass is 10.1. The number of ether oxygens (including phenoxy) is 1. The Morgan fingerprint density at radius 3 is 2.51 bits per heavy atom. The first-order valence-corrected chi connectivity index (χ1v) is 11.9. The van der Waals surface area contributed by atoms with Gasteiger partial charge in [0.15, 0.2) is 0 Å². The zero-order valence-electron chi connectivity index (χ0n) is 17.7. The Hall–Kier alpha value is -3.56. The van der Waals surface area contributed by atoms with Crippen molar-refractivity contribution in [3.8, 4) is 11.8 Å². The van der Waals surface area contributed by atoms with Crippen molar-refractivity contribution in [1.82, 2.24) is 5.32 Å². The Kier molecular flexibility index (Phi) is 7.28. The maximum absolute atomic E-state index is 13.3. The van der Waals surface area contributed by atoms with Crippen LogP contribution in [0.2, 0.25) is 0 Å². The van der Waals surface area contributed by atoms with Crippen LogP contribution in [-0.4, -0.2) is 17.8 Å². The molecule has 3 aromatic rings. The lowest BCUT2D eigenvalue weighted by molar-refractivity contribution is -0.122. The van der Waals surface area contributed by atoms with Crippen molar-refractivity contribution in [3.63, 3.8) is 0 Å². The molecule has 0 aromatic heterocycles. The molecule has 1 fully saturated rings. The molecule has 1 N–H and O–H groups in total. The highest BCUT2D eigenvalue weighted by Crippen LogP contribution is 2.34. The molecule has 1 aliphatic rings. The van der Waals surface area contributed by atoms with Gasteiger partial charge in [0, 0.05) is 5.56 Å². The fourth-order valence-corrected chi connectivity index (χ4v) is 5.12. The summed E-state index contributed by atoms with van der Waals surface area (Å²) in [5.41, 5.74) is 1.64. The molecule has 1 heterocycles. The number of hydrogen-bond donors (Lipinski definition) is 1. The number of nitriles is 1. The molecule has 3 aromatic carbocycles. The molecule has 0 radical (unpaired) electrons. The first kappa shape index (κ1) is 24.6. The first-order chi connectivity index (χ1) is 16.8. The number of carbonyl (C=O) groups is 3. The molecule has 4 rings (SSSR count). The molecule has 0 spiro atoms. The van der Waals surface area contributed by atoms with Crippen molar-refractivity contribution in [1.29, 1.82) is 5.26 Å². The standard InChI is InChI=1S/C25H14BrFIN3O4/c26-20-10-14(11-21(28)22(20)35-13-16-4-2-1-3-15(16)12-29)9-19-23(32)30-25(34)31(24(19)33)18-7-5-17(27)6-8-18/h1-11H,13H2,(H,30,32,34)/b19-9+. The summed E-state index contributed by atoms with van der Waals surface area (Å²) in [5.74, 6) is -1.66. The van der Waals surface area contributed by atoms with Gasteiger partial charge in [-0.2, -0.15) is 5.26 Å². The molecular formula is C25H14BrFIN3O4. The lowest BCUT2D eigenvalue weighted by Gasteiger charge is -2.26. The van der Waals surface area contributed by atoms with Gasteiger partial charge in [0.05, 0.1) is 25.4 Å². The number of carbonyl (C=O) groups excluding carboxylic acids is 3. The van der Waals surface area contributed by atoms with E-state index in [9.17, 15) is 24.0 Å².